The Morgan fingerprint density at radius 3 is 2.82 bits per heavy atom. The van der Waals surface area contributed by atoms with E-state index < -0.39 is 0 Å². The van der Waals surface area contributed by atoms with Gasteiger partial charge in [-0.25, -0.2) is 0 Å². The molecule has 2 unspecified atom stereocenters. The molecule has 0 saturated carbocycles. The molecule has 1 saturated heterocycles. The van der Waals surface area contributed by atoms with Crippen LogP contribution in [0.5, 0.6) is 0 Å². The van der Waals surface area contributed by atoms with E-state index in [1.807, 2.05) is 6.08 Å². The Morgan fingerprint density at radius 1 is 1.82 bits per heavy atom. The number of methoxy groups -OCH3 is 1. The molecule has 0 aliphatic carbocycles. The predicted molar refractivity (Wildman–Crippen MR) is 44.3 cm³/mol. The van der Waals surface area contributed by atoms with E-state index in [9.17, 15) is 0 Å². The van der Waals surface area contributed by atoms with Crippen LogP contribution in [0.3, 0.4) is 0 Å². The van der Waals surface area contributed by atoms with Gasteiger partial charge in [0.25, 0.3) is 0 Å². The molecule has 1 aliphatic heterocycles. The highest BCUT2D eigenvalue weighted by Gasteiger charge is 2.46. The maximum atomic E-state index is 5.27. The van der Waals surface area contributed by atoms with Crippen LogP contribution < -0.4 is 0 Å². The summed E-state index contributed by atoms with van der Waals surface area (Å²) in [6.07, 6.45) is 4.02. The third-order valence-corrected chi connectivity index (χ3v) is 2.49. The Kier molecular flexibility index (Phi) is 2.68. The fourth-order valence-corrected chi connectivity index (χ4v) is 1.56. The molecule has 0 amide bonds. The zero-order chi connectivity index (χ0) is 8.32. The van der Waals surface area contributed by atoms with E-state index in [4.69, 9.17) is 9.47 Å². The van der Waals surface area contributed by atoms with Gasteiger partial charge in [0.2, 0.25) is 0 Å². The van der Waals surface area contributed by atoms with E-state index in [1.165, 1.54) is 0 Å². The van der Waals surface area contributed by atoms with Gasteiger partial charge in [-0.05, 0) is 12.8 Å². The highest BCUT2D eigenvalue weighted by molar-refractivity contribution is 4.93. The summed E-state index contributed by atoms with van der Waals surface area (Å²) in [7, 11) is 1.69. The quantitative estimate of drug-likeness (QED) is 0.579. The fourth-order valence-electron chi connectivity index (χ4n) is 1.56. The monoisotopic (exact) mass is 156 g/mol. The van der Waals surface area contributed by atoms with Crippen LogP contribution in [0.2, 0.25) is 0 Å². The first-order chi connectivity index (χ1) is 5.29. The minimum Gasteiger partial charge on any atom is -0.355 e. The number of rotatable bonds is 4. The Labute approximate surface area is 68.2 Å². The maximum Gasteiger partial charge on any atom is 0.165 e. The highest BCUT2D eigenvalue weighted by Crippen LogP contribution is 2.41. The molecule has 0 aromatic heterocycles. The average molecular weight is 156 g/mol. The zero-order valence-electron chi connectivity index (χ0n) is 7.30. The van der Waals surface area contributed by atoms with Gasteiger partial charge in [-0.3, -0.25) is 0 Å². The lowest BCUT2D eigenvalue weighted by atomic mass is 9.78. The predicted octanol–water partition coefficient (Wildman–Crippen LogP) is 1.96. The lowest BCUT2D eigenvalue weighted by Crippen LogP contribution is -2.52. The van der Waals surface area contributed by atoms with Crippen molar-refractivity contribution >= 4 is 0 Å². The Balaban J connectivity index is 2.53. The van der Waals surface area contributed by atoms with Gasteiger partial charge in [0, 0.05) is 12.5 Å². The van der Waals surface area contributed by atoms with Crippen molar-refractivity contribution in [3.05, 3.63) is 12.7 Å². The standard InChI is InChI=1S/C9H16O2/c1-4-6-9(5-2)7-11-8(9)10-3/h4,8H,1,5-7H2,2-3H3. The minimum absolute atomic E-state index is 0.00880. The van der Waals surface area contributed by atoms with Crippen molar-refractivity contribution in [1.82, 2.24) is 0 Å². The van der Waals surface area contributed by atoms with Crippen LogP contribution in [0.1, 0.15) is 19.8 Å². The second-order valence-corrected chi connectivity index (χ2v) is 3.09. The van der Waals surface area contributed by atoms with Crippen molar-refractivity contribution in [3.8, 4) is 0 Å². The number of ether oxygens (including phenoxy) is 2. The van der Waals surface area contributed by atoms with Gasteiger partial charge < -0.3 is 9.47 Å². The zero-order valence-corrected chi connectivity index (χ0v) is 7.30. The molecule has 2 atom stereocenters. The molecule has 0 N–H and O–H groups in total. The first-order valence-corrected chi connectivity index (χ1v) is 4.04. The fraction of sp³-hybridized carbons (Fsp3) is 0.778. The minimum atomic E-state index is -0.00880. The van der Waals surface area contributed by atoms with Gasteiger partial charge in [0.1, 0.15) is 0 Å². The third-order valence-electron chi connectivity index (χ3n) is 2.49. The molecule has 0 spiro atoms. The van der Waals surface area contributed by atoms with Gasteiger partial charge in [0.05, 0.1) is 6.61 Å². The number of allylic oxidation sites excluding steroid dienone is 1. The molecular weight excluding hydrogens is 140 g/mol. The van der Waals surface area contributed by atoms with Crippen LogP contribution in [0, 0.1) is 5.41 Å². The Bertz CT molecular complexity index is 138. The highest BCUT2D eigenvalue weighted by atomic mass is 16.7. The van der Waals surface area contributed by atoms with Crippen LogP contribution >= 0.6 is 0 Å². The molecule has 11 heavy (non-hydrogen) atoms. The van der Waals surface area contributed by atoms with E-state index in [0.29, 0.717) is 0 Å². The van der Waals surface area contributed by atoms with Crippen LogP contribution in [0.25, 0.3) is 0 Å². The second kappa shape index (κ2) is 3.37. The van der Waals surface area contributed by atoms with E-state index >= 15 is 0 Å². The summed E-state index contributed by atoms with van der Waals surface area (Å²) in [4.78, 5) is 0. The van der Waals surface area contributed by atoms with Crippen molar-refractivity contribution in [1.29, 1.82) is 0 Å². The molecule has 0 aromatic rings. The van der Waals surface area contributed by atoms with Crippen molar-refractivity contribution < 1.29 is 9.47 Å². The summed E-state index contributed by atoms with van der Waals surface area (Å²) in [6.45, 7) is 6.71. The van der Waals surface area contributed by atoms with E-state index in [2.05, 4.69) is 13.5 Å². The van der Waals surface area contributed by atoms with E-state index in [-0.39, 0.29) is 11.7 Å². The first-order valence-electron chi connectivity index (χ1n) is 4.04. The molecule has 1 aliphatic rings. The molecular formula is C9H16O2. The molecule has 0 aromatic carbocycles. The lowest BCUT2D eigenvalue weighted by Gasteiger charge is -2.47. The first kappa shape index (κ1) is 8.75. The molecule has 2 nitrogen and oxygen atoms in total. The summed E-state index contributed by atoms with van der Waals surface area (Å²) in [5.41, 5.74) is 0.219. The van der Waals surface area contributed by atoms with Crippen molar-refractivity contribution in [2.24, 2.45) is 5.41 Å². The van der Waals surface area contributed by atoms with Gasteiger partial charge >= 0.3 is 0 Å². The van der Waals surface area contributed by atoms with Crippen LogP contribution in [0.15, 0.2) is 12.7 Å². The van der Waals surface area contributed by atoms with Crippen LogP contribution in [0.4, 0.5) is 0 Å². The summed E-state index contributed by atoms with van der Waals surface area (Å²) < 4.78 is 10.4. The topological polar surface area (TPSA) is 18.5 Å². The van der Waals surface area contributed by atoms with Gasteiger partial charge in [0.15, 0.2) is 6.29 Å². The average Bonchev–Trinajstić information content (AvgIpc) is 1.99. The summed E-state index contributed by atoms with van der Waals surface area (Å²) in [6, 6.07) is 0. The summed E-state index contributed by atoms with van der Waals surface area (Å²) in [5.74, 6) is 0. The van der Waals surface area contributed by atoms with Crippen molar-refractivity contribution in [3.63, 3.8) is 0 Å². The number of hydrogen-bond acceptors (Lipinski definition) is 2. The smallest absolute Gasteiger partial charge is 0.165 e. The summed E-state index contributed by atoms with van der Waals surface area (Å²) >= 11 is 0. The maximum absolute atomic E-state index is 5.27. The van der Waals surface area contributed by atoms with Crippen molar-refractivity contribution in [2.75, 3.05) is 13.7 Å². The Hall–Kier alpha value is -0.340. The molecule has 64 valence electrons. The molecule has 1 rings (SSSR count). The second-order valence-electron chi connectivity index (χ2n) is 3.09. The molecule has 1 heterocycles. The van der Waals surface area contributed by atoms with Crippen molar-refractivity contribution in [2.45, 2.75) is 26.1 Å². The summed E-state index contributed by atoms with van der Waals surface area (Å²) in [5, 5.41) is 0. The SMILES string of the molecule is C=CCC1(CC)COC1OC. The molecule has 1 fully saturated rings. The van der Waals surface area contributed by atoms with Gasteiger partial charge in [-0.15, -0.1) is 6.58 Å². The van der Waals surface area contributed by atoms with Gasteiger partial charge in [-0.1, -0.05) is 13.0 Å². The van der Waals surface area contributed by atoms with Gasteiger partial charge in [-0.2, -0.15) is 0 Å². The third kappa shape index (κ3) is 1.33. The largest absolute Gasteiger partial charge is 0.355 e. The number of hydrogen-bond donors (Lipinski definition) is 0. The molecule has 2 heteroatoms. The van der Waals surface area contributed by atoms with E-state index in [0.717, 1.165) is 19.4 Å². The Morgan fingerprint density at radius 2 is 2.55 bits per heavy atom. The van der Waals surface area contributed by atoms with Crippen LogP contribution in [-0.2, 0) is 9.47 Å². The van der Waals surface area contributed by atoms with Crippen LogP contribution in [-0.4, -0.2) is 20.0 Å². The lowest BCUT2D eigenvalue weighted by molar-refractivity contribution is -0.300. The molecule has 0 bridgehead atoms. The van der Waals surface area contributed by atoms with E-state index in [1.54, 1.807) is 7.11 Å². The molecule has 0 radical (unpaired) electrons. The normalized spacial score (nSPS) is 36.4.